The van der Waals surface area contributed by atoms with E-state index in [4.69, 9.17) is 14.2 Å². The third-order valence-corrected chi connectivity index (χ3v) is 5.04. The maximum absolute atomic E-state index is 5.70. The van der Waals surface area contributed by atoms with Gasteiger partial charge in [0.05, 0.1) is 5.41 Å². The molecule has 2 heterocycles. The van der Waals surface area contributed by atoms with E-state index in [1.54, 1.807) is 0 Å². The van der Waals surface area contributed by atoms with Crippen molar-refractivity contribution >= 4 is 15.9 Å². The molecule has 23 heavy (non-hydrogen) atoms. The molecule has 1 aromatic carbocycles. The molecule has 1 aliphatic heterocycles. The van der Waals surface area contributed by atoms with Gasteiger partial charge in [-0.2, -0.15) is 4.98 Å². The summed E-state index contributed by atoms with van der Waals surface area (Å²) in [6.07, 6.45) is 3.68. The van der Waals surface area contributed by atoms with E-state index in [-0.39, 0.29) is 5.41 Å². The Hall–Kier alpha value is -1.20. The molecule has 2 aromatic rings. The molecule has 5 heteroatoms. The van der Waals surface area contributed by atoms with Crippen LogP contribution in [0.2, 0.25) is 0 Å². The van der Waals surface area contributed by atoms with E-state index in [2.05, 4.69) is 53.1 Å². The minimum atomic E-state index is -0.231. The Balaban J connectivity index is 1.93. The summed E-state index contributed by atoms with van der Waals surface area (Å²) >= 11 is 3.57. The molecular formula is C18H23BrN2O2. The molecule has 1 fully saturated rings. The molecule has 0 bridgehead atoms. The van der Waals surface area contributed by atoms with Gasteiger partial charge in [-0.25, -0.2) is 0 Å². The number of hydrogen-bond donors (Lipinski definition) is 0. The van der Waals surface area contributed by atoms with Crippen molar-refractivity contribution in [1.29, 1.82) is 0 Å². The highest BCUT2D eigenvalue weighted by Crippen LogP contribution is 2.41. The average molecular weight is 379 g/mol. The molecule has 0 spiro atoms. The fraction of sp³-hybridized carbons (Fsp3) is 0.556. The number of hydrogen-bond acceptors (Lipinski definition) is 4. The molecule has 3 rings (SSSR count). The fourth-order valence-corrected chi connectivity index (χ4v) is 3.50. The lowest BCUT2D eigenvalue weighted by atomic mass is 9.74. The quantitative estimate of drug-likeness (QED) is 0.767. The van der Waals surface area contributed by atoms with Crippen LogP contribution in [-0.4, -0.2) is 23.4 Å². The van der Waals surface area contributed by atoms with Crippen molar-refractivity contribution in [2.45, 2.75) is 44.9 Å². The van der Waals surface area contributed by atoms with Gasteiger partial charge < -0.3 is 9.26 Å². The lowest BCUT2D eigenvalue weighted by molar-refractivity contribution is 0.0523. The second-order valence-corrected chi connectivity index (χ2v) is 7.57. The number of aromatic nitrogens is 2. The van der Waals surface area contributed by atoms with E-state index < -0.39 is 0 Å². The van der Waals surface area contributed by atoms with Crippen molar-refractivity contribution in [3.05, 3.63) is 46.0 Å². The van der Waals surface area contributed by atoms with Crippen LogP contribution < -0.4 is 0 Å². The minimum Gasteiger partial charge on any atom is -0.381 e. The molecule has 124 valence electrons. The molecule has 0 radical (unpaired) electrons. The first-order valence-electron chi connectivity index (χ1n) is 8.27. The monoisotopic (exact) mass is 378 g/mol. The van der Waals surface area contributed by atoms with E-state index in [1.165, 1.54) is 5.56 Å². The highest BCUT2D eigenvalue weighted by Gasteiger charge is 2.41. The van der Waals surface area contributed by atoms with Gasteiger partial charge >= 0.3 is 0 Å². The number of halogens is 1. The Morgan fingerprint density at radius 2 is 2.04 bits per heavy atom. The second-order valence-electron chi connectivity index (χ2n) is 6.65. The van der Waals surface area contributed by atoms with Crippen LogP contribution in [0.25, 0.3) is 0 Å². The van der Waals surface area contributed by atoms with Gasteiger partial charge in [0.25, 0.3) is 0 Å². The minimum absolute atomic E-state index is 0.231. The molecule has 0 unspecified atom stereocenters. The molecule has 1 aromatic heterocycles. The summed E-state index contributed by atoms with van der Waals surface area (Å²) in [6.45, 7) is 5.86. The van der Waals surface area contributed by atoms with Crippen molar-refractivity contribution in [3.8, 4) is 0 Å². The van der Waals surface area contributed by atoms with E-state index in [0.29, 0.717) is 5.92 Å². The van der Waals surface area contributed by atoms with Crippen LogP contribution in [0.1, 0.15) is 50.4 Å². The normalized spacial score (nSPS) is 17.6. The van der Waals surface area contributed by atoms with Gasteiger partial charge in [-0.05, 0) is 42.9 Å². The van der Waals surface area contributed by atoms with Crippen molar-refractivity contribution < 1.29 is 9.26 Å². The average Bonchev–Trinajstić information content (AvgIpc) is 3.03. The van der Waals surface area contributed by atoms with Crippen LogP contribution in [0, 0.1) is 5.92 Å². The summed E-state index contributed by atoms with van der Waals surface area (Å²) in [5.74, 6) is 2.19. The summed E-state index contributed by atoms with van der Waals surface area (Å²) in [6, 6.07) is 8.41. The Bertz CT molecular complexity index is 648. The summed E-state index contributed by atoms with van der Waals surface area (Å²) in [7, 11) is 0. The van der Waals surface area contributed by atoms with E-state index in [9.17, 15) is 0 Å². The van der Waals surface area contributed by atoms with Crippen LogP contribution in [0.5, 0.6) is 0 Å². The van der Waals surface area contributed by atoms with Crippen molar-refractivity contribution in [3.63, 3.8) is 0 Å². The molecule has 0 N–H and O–H groups in total. The van der Waals surface area contributed by atoms with Crippen LogP contribution in [0.4, 0.5) is 0 Å². The summed E-state index contributed by atoms with van der Waals surface area (Å²) in [5.41, 5.74) is 0.986. The number of benzene rings is 1. The highest BCUT2D eigenvalue weighted by molar-refractivity contribution is 9.10. The lowest BCUT2D eigenvalue weighted by Crippen LogP contribution is -2.35. The number of nitrogens with zero attached hydrogens (tertiary/aromatic N) is 2. The predicted octanol–water partition coefficient (Wildman–Crippen LogP) is 4.52. The zero-order valence-electron chi connectivity index (χ0n) is 13.7. The highest BCUT2D eigenvalue weighted by atomic mass is 79.9. The topological polar surface area (TPSA) is 48.2 Å². The summed E-state index contributed by atoms with van der Waals surface area (Å²) < 4.78 is 12.4. The lowest BCUT2D eigenvalue weighted by Gasteiger charge is -2.34. The predicted molar refractivity (Wildman–Crippen MR) is 92.4 cm³/mol. The van der Waals surface area contributed by atoms with Gasteiger partial charge in [-0.15, -0.1) is 0 Å². The second kappa shape index (κ2) is 7.14. The van der Waals surface area contributed by atoms with Crippen molar-refractivity contribution in [2.24, 2.45) is 5.92 Å². The van der Waals surface area contributed by atoms with E-state index >= 15 is 0 Å². The fourth-order valence-electron chi connectivity index (χ4n) is 3.10. The summed E-state index contributed by atoms with van der Waals surface area (Å²) in [5, 5.41) is 4.22. The standard InChI is InChI=1S/C18H23BrN2O2/c1-13(2)6-7-16-20-17(23-21-16)18(8-10-22-11-9-18)14-4-3-5-15(19)12-14/h3-5,12-13H,6-11H2,1-2H3. The summed E-state index contributed by atoms with van der Waals surface area (Å²) in [4.78, 5) is 4.74. The number of aryl methyl sites for hydroxylation is 1. The Labute approximate surface area is 145 Å². The maximum Gasteiger partial charge on any atom is 0.237 e. The molecule has 1 saturated heterocycles. The number of ether oxygens (including phenoxy) is 1. The molecule has 0 aliphatic carbocycles. The van der Waals surface area contributed by atoms with Gasteiger partial charge in [0.2, 0.25) is 5.89 Å². The smallest absolute Gasteiger partial charge is 0.237 e. The zero-order chi connectivity index (χ0) is 16.3. The third-order valence-electron chi connectivity index (χ3n) is 4.55. The SMILES string of the molecule is CC(C)CCc1noc(C2(c3cccc(Br)c3)CCOCC2)n1. The zero-order valence-corrected chi connectivity index (χ0v) is 15.3. The van der Waals surface area contributed by atoms with E-state index in [0.717, 1.165) is 55.1 Å². The first-order valence-corrected chi connectivity index (χ1v) is 9.06. The molecular weight excluding hydrogens is 356 g/mol. The number of rotatable bonds is 5. The van der Waals surface area contributed by atoms with Crippen LogP contribution in [0.3, 0.4) is 0 Å². The van der Waals surface area contributed by atoms with Crippen LogP contribution in [-0.2, 0) is 16.6 Å². The van der Waals surface area contributed by atoms with Crippen molar-refractivity contribution in [1.82, 2.24) is 10.1 Å². The largest absolute Gasteiger partial charge is 0.381 e. The molecule has 0 amide bonds. The molecule has 1 aliphatic rings. The Morgan fingerprint density at radius 1 is 1.26 bits per heavy atom. The Kier molecular flexibility index (Phi) is 5.17. The van der Waals surface area contributed by atoms with Gasteiger partial charge in [0.15, 0.2) is 5.82 Å². The van der Waals surface area contributed by atoms with Crippen molar-refractivity contribution in [2.75, 3.05) is 13.2 Å². The van der Waals surface area contributed by atoms with Gasteiger partial charge in [0, 0.05) is 24.1 Å². The molecule has 0 atom stereocenters. The molecule has 0 saturated carbocycles. The van der Waals surface area contributed by atoms with Gasteiger partial charge in [0.1, 0.15) is 0 Å². The van der Waals surface area contributed by atoms with Gasteiger partial charge in [-0.1, -0.05) is 47.1 Å². The van der Waals surface area contributed by atoms with E-state index in [1.807, 2.05) is 6.07 Å². The van der Waals surface area contributed by atoms with Crippen LogP contribution in [0.15, 0.2) is 33.3 Å². The third kappa shape index (κ3) is 3.66. The Morgan fingerprint density at radius 3 is 2.74 bits per heavy atom. The first-order chi connectivity index (χ1) is 11.1. The molecule has 4 nitrogen and oxygen atoms in total. The van der Waals surface area contributed by atoms with Crippen LogP contribution >= 0.6 is 15.9 Å². The van der Waals surface area contributed by atoms with Gasteiger partial charge in [-0.3, -0.25) is 0 Å². The maximum atomic E-state index is 5.70. The first kappa shape index (κ1) is 16.7.